The normalized spacial score (nSPS) is 11.5. The van der Waals surface area contributed by atoms with Crippen LogP contribution in [0.25, 0.3) is 190 Å². The van der Waals surface area contributed by atoms with E-state index in [2.05, 4.69) is 445 Å². The molecule has 0 saturated heterocycles. The van der Waals surface area contributed by atoms with Gasteiger partial charge < -0.3 is 4.57 Å². The first-order chi connectivity index (χ1) is 56.1. The van der Waals surface area contributed by atoms with Crippen molar-refractivity contribution in [2.24, 2.45) is 0 Å². The van der Waals surface area contributed by atoms with Gasteiger partial charge in [0, 0.05) is 78.0 Å². The molecule has 532 valence electrons. The molecule has 18 aromatic carbocycles. The van der Waals surface area contributed by atoms with Gasteiger partial charge in [-0.05, 0) is 166 Å². The Balaban J connectivity index is 0.000000124. The minimum absolute atomic E-state index is 0.935. The third kappa shape index (κ3) is 12.6. The van der Waals surface area contributed by atoms with Gasteiger partial charge in [-0.1, -0.05) is 398 Å². The molecule has 0 radical (unpaired) electrons. The van der Waals surface area contributed by atoms with Crippen LogP contribution in [-0.4, -0.2) is 4.57 Å². The number of rotatable bonds is 11. The molecule has 21 aromatic rings. The molecule has 0 saturated carbocycles. The molecule has 0 fully saturated rings. The van der Waals surface area contributed by atoms with Crippen LogP contribution in [0.2, 0.25) is 0 Å². The highest BCUT2D eigenvalue weighted by atomic mass is 79.9. The maximum atomic E-state index is 3.56. The molecule has 0 unspecified atom stereocenters. The van der Waals surface area contributed by atoms with Crippen LogP contribution in [0.15, 0.2) is 429 Å². The number of halogens is 1. The van der Waals surface area contributed by atoms with E-state index in [0.29, 0.717) is 0 Å². The van der Waals surface area contributed by atoms with Gasteiger partial charge in [0.1, 0.15) is 0 Å². The van der Waals surface area contributed by atoms with Crippen LogP contribution in [0.4, 0.5) is 0 Å². The molecule has 0 bridgehead atoms. The lowest BCUT2D eigenvalue weighted by Gasteiger charge is -2.25. The highest BCUT2D eigenvalue weighted by Gasteiger charge is 2.33. The summed E-state index contributed by atoms with van der Waals surface area (Å²) in [5.41, 5.74) is 34.1. The Kier molecular flexibility index (Phi) is 18.4. The lowest BCUT2D eigenvalue weighted by molar-refractivity contribution is 1.18. The lowest BCUT2D eigenvalue weighted by atomic mass is 9.77. The maximum Gasteiger partial charge on any atom is 0.0632 e. The van der Waals surface area contributed by atoms with E-state index in [1.807, 2.05) is 22.7 Å². The zero-order chi connectivity index (χ0) is 75.1. The van der Waals surface area contributed by atoms with Gasteiger partial charge in [0.2, 0.25) is 0 Å². The SMILES string of the molecule is Brc1cccc(-c2cccc3c2sc2ccccc23)c1.c1ccc(-c2c(-c3ccccc3)c(-c3ccccc3)c3c(c2-c2ccccc2)c2ccccc2n3-c2cccc(-c3cccc4c3sc3ccccc34)c2)cc1.c1ccc(-c2c3c(c(-c4ccccc4)c(-c4ccccc4)c2-c2ccccc2)-c2ccccc2C3)cc1. The minimum atomic E-state index is 0.935. The van der Waals surface area contributed by atoms with Crippen molar-refractivity contribution in [3.05, 3.63) is 440 Å². The molecule has 3 aromatic heterocycles. The van der Waals surface area contributed by atoms with Crippen LogP contribution in [0.5, 0.6) is 0 Å². The van der Waals surface area contributed by atoms with Gasteiger partial charge in [-0.3, -0.25) is 0 Å². The van der Waals surface area contributed by atoms with E-state index in [1.54, 1.807) is 0 Å². The smallest absolute Gasteiger partial charge is 0.0632 e. The molecule has 4 heteroatoms. The summed E-state index contributed by atoms with van der Waals surface area (Å²) in [5.74, 6) is 0. The Bertz CT molecular complexity index is 7090. The quantitative estimate of drug-likeness (QED) is 0.122. The molecule has 22 rings (SSSR count). The molecule has 1 aliphatic carbocycles. The van der Waals surface area contributed by atoms with Gasteiger partial charge in [-0.15, -0.1) is 22.7 Å². The van der Waals surface area contributed by atoms with Gasteiger partial charge >= 0.3 is 0 Å². The first kappa shape index (κ1) is 68.9. The zero-order valence-electron chi connectivity index (χ0n) is 61.8. The summed E-state index contributed by atoms with van der Waals surface area (Å²) in [6.07, 6.45) is 0.935. The van der Waals surface area contributed by atoms with E-state index >= 15 is 0 Å². The fraction of sp³-hybridized carbons (Fsp3) is 0.00917. The highest BCUT2D eigenvalue weighted by Crippen LogP contribution is 2.58. The number of benzene rings is 18. The molecular formula is C109H72BrNS2. The largest absolute Gasteiger partial charge is 0.309 e. The lowest BCUT2D eigenvalue weighted by Crippen LogP contribution is -2.01. The van der Waals surface area contributed by atoms with Crippen LogP contribution >= 0.6 is 38.6 Å². The van der Waals surface area contributed by atoms with Crippen molar-refractivity contribution in [3.63, 3.8) is 0 Å². The number of thiophene rings is 2. The summed E-state index contributed by atoms with van der Waals surface area (Å²) in [4.78, 5) is 0. The third-order valence-corrected chi connectivity index (χ3v) is 25.2. The van der Waals surface area contributed by atoms with Crippen molar-refractivity contribution in [3.8, 4) is 128 Å². The molecule has 0 N–H and O–H groups in total. The van der Waals surface area contributed by atoms with Crippen molar-refractivity contribution in [2.75, 3.05) is 0 Å². The van der Waals surface area contributed by atoms with Crippen LogP contribution in [0.3, 0.4) is 0 Å². The van der Waals surface area contributed by atoms with Crippen LogP contribution in [-0.2, 0) is 6.42 Å². The summed E-state index contributed by atoms with van der Waals surface area (Å²) < 4.78 is 9.01. The number of para-hydroxylation sites is 1. The Morgan fingerprint density at radius 1 is 0.230 bits per heavy atom. The van der Waals surface area contributed by atoms with Crippen molar-refractivity contribution < 1.29 is 0 Å². The molecule has 1 nitrogen and oxygen atoms in total. The number of hydrogen-bond acceptors (Lipinski definition) is 2. The second kappa shape index (κ2) is 30.2. The number of nitrogens with zero attached hydrogens (tertiary/aromatic N) is 1. The molecule has 3 heterocycles. The van der Waals surface area contributed by atoms with Crippen LogP contribution in [0, 0.1) is 0 Å². The van der Waals surface area contributed by atoms with Crippen molar-refractivity contribution in [1.29, 1.82) is 0 Å². The highest BCUT2D eigenvalue weighted by molar-refractivity contribution is 9.10. The molecule has 1 aliphatic rings. The minimum Gasteiger partial charge on any atom is -0.309 e. The molecule has 113 heavy (non-hydrogen) atoms. The van der Waals surface area contributed by atoms with Gasteiger partial charge in [-0.25, -0.2) is 0 Å². The van der Waals surface area contributed by atoms with E-state index in [9.17, 15) is 0 Å². The predicted octanol–water partition coefficient (Wildman–Crippen LogP) is 31.9. The Hall–Kier alpha value is -13.3. The standard InChI is InChI=1S/C54H35NS.C37H26.C18H11BrS/c1-5-19-36(20-6-1)48-49(37-21-7-2-8-22-37)51(39-25-11-4-12-26-39)53-52(50(48)38-23-9-3-10-24-38)45-30-13-15-33-46(45)55(53)41-28-17-27-40(35-41)42-31-18-32-44-43-29-14-16-34-47(43)56-54(42)44;1-5-15-26(16-6-1)33-32-25-30-23-13-14-24-31(30)37(32)36(29-21-11-4-12-22-29)35(28-19-9-3-10-20-28)34(33)27-17-7-2-8-18-27;19-13-6-3-5-12(11-13)14-8-4-9-16-15-7-1-2-10-17(15)20-18(14)16/h1-35H;1-24H,25H2;1-11H. The van der Waals surface area contributed by atoms with E-state index in [-0.39, 0.29) is 0 Å². The third-order valence-electron chi connectivity index (χ3n) is 22.2. The summed E-state index contributed by atoms with van der Waals surface area (Å²) in [7, 11) is 0. The van der Waals surface area contributed by atoms with Gasteiger partial charge in [0.25, 0.3) is 0 Å². The fourth-order valence-electron chi connectivity index (χ4n) is 17.5. The van der Waals surface area contributed by atoms with Crippen molar-refractivity contribution >= 4 is 101 Å². The average molecular weight is 1540 g/mol. The topological polar surface area (TPSA) is 4.93 Å². The predicted molar refractivity (Wildman–Crippen MR) is 490 cm³/mol. The fourth-order valence-corrected chi connectivity index (χ4v) is 20.3. The van der Waals surface area contributed by atoms with Crippen LogP contribution in [0.1, 0.15) is 11.1 Å². The Morgan fingerprint density at radius 2 is 0.558 bits per heavy atom. The molecule has 0 amide bonds. The monoisotopic (exact) mass is 1540 g/mol. The van der Waals surface area contributed by atoms with Crippen molar-refractivity contribution in [2.45, 2.75) is 6.42 Å². The van der Waals surface area contributed by atoms with Gasteiger partial charge in [0.05, 0.1) is 11.0 Å². The average Bonchev–Trinajstić information content (AvgIpc) is 1.58. The molecule has 0 aliphatic heterocycles. The summed E-state index contributed by atoms with van der Waals surface area (Å²) >= 11 is 7.32. The number of fused-ring (bicyclic) bond motifs is 12. The van der Waals surface area contributed by atoms with Crippen LogP contribution < -0.4 is 0 Å². The van der Waals surface area contributed by atoms with E-state index in [1.165, 1.54) is 196 Å². The number of aromatic nitrogens is 1. The molecule has 0 atom stereocenters. The summed E-state index contributed by atoms with van der Waals surface area (Å²) in [6, 6.07) is 154. The second-order valence-corrected chi connectivity index (χ2v) is 31.8. The zero-order valence-corrected chi connectivity index (χ0v) is 65.0. The molecular weight excluding hydrogens is 1470 g/mol. The van der Waals surface area contributed by atoms with E-state index in [4.69, 9.17) is 0 Å². The second-order valence-electron chi connectivity index (χ2n) is 28.8. The maximum absolute atomic E-state index is 3.56. The van der Waals surface area contributed by atoms with Gasteiger partial charge in [0.15, 0.2) is 0 Å². The first-order valence-electron chi connectivity index (χ1n) is 38.6. The van der Waals surface area contributed by atoms with E-state index < -0.39 is 0 Å². The Morgan fingerprint density at radius 3 is 1.04 bits per heavy atom. The Labute approximate surface area is 674 Å². The summed E-state index contributed by atoms with van der Waals surface area (Å²) in [6.45, 7) is 0. The summed E-state index contributed by atoms with van der Waals surface area (Å²) in [5, 5.41) is 7.81. The number of hydrogen-bond donors (Lipinski definition) is 0. The van der Waals surface area contributed by atoms with Crippen molar-refractivity contribution in [1.82, 2.24) is 4.57 Å². The van der Waals surface area contributed by atoms with Gasteiger partial charge in [-0.2, -0.15) is 0 Å². The molecule has 0 spiro atoms. The van der Waals surface area contributed by atoms with E-state index in [0.717, 1.165) is 16.6 Å². The first-order valence-corrected chi connectivity index (χ1v) is 41.0.